The summed E-state index contributed by atoms with van der Waals surface area (Å²) in [5, 5.41) is 3.48. The predicted octanol–water partition coefficient (Wildman–Crippen LogP) is 2.90. The summed E-state index contributed by atoms with van der Waals surface area (Å²) >= 11 is 1.49. The molecule has 3 rings (SSSR count). The maximum absolute atomic E-state index is 12.4. The summed E-state index contributed by atoms with van der Waals surface area (Å²) in [6.07, 6.45) is 4.44. The number of pyridine rings is 2. The number of carbonyl (C=O) groups excluding carboxylic acids is 2. The van der Waals surface area contributed by atoms with Crippen molar-refractivity contribution in [3.05, 3.63) is 51.6 Å². The lowest BCUT2D eigenvalue weighted by Gasteiger charge is -2.29. The molecule has 1 amide bonds. The van der Waals surface area contributed by atoms with E-state index in [0.717, 1.165) is 5.03 Å². The van der Waals surface area contributed by atoms with Crippen LogP contribution in [-0.4, -0.2) is 27.9 Å². The molecule has 0 aliphatic heterocycles. The van der Waals surface area contributed by atoms with Crippen LogP contribution in [0.4, 0.5) is 5.69 Å². The van der Waals surface area contributed by atoms with E-state index in [1.807, 2.05) is 20.1 Å². The molecule has 0 atom stereocenters. The Morgan fingerprint density at radius 1 is 1.28 bits per heavy atom. The minimum atomic E-state index is -0.555. The number of nitrogens with zero attached hydrogens (tertiary/aromatic N) is 1. The number of ketones is 1. The number of rotatable bonds is 3. The summed E-state index contributed by atoms with van der Waals surface area (Å²) in [7, 11) is 0. The molecule has 0 unspecified atom stereocenters. The average Bonchev–Trinajstić information content (AvgIpc) is 2.53. The monoisotopic (exact) mass is 357 g/mol. The van der Waals surface area contributed by atoms with Gasteiger partial charge < -0.3 is 10.3 Å². The van der Waals surface area contributed by atoms with Crippen molar-refractivity contribution in [1.82, 2.24) is 9.97 Å². The van der Waals surface area contributed by atoms with Crippen molar-refractivity contribution >= 4 is 29.1 Å². The van der Waals surface area contributed by atoms with E-state index in [9.17, 15) is 14.4 Å². The third-order valence-corrected chi connectivity index (χ3v) is 4.83. The standard InChI is InChI=1S/C18H19N3O3S/c1-18(2)7-13-11(14(22)8-18)6-12(17(24)21-13)16(23)20-10-4-5-15(25-3)19-9-10/h4-6,9H,7-8H2,1-3H3,(H,20,23)(H,21,24). The number of aromatic nitrogens is 2. The highest BCUT2D eigenvalue weighted by atomic mass is 32.2. The van der Waals surface area contributed by atoms with Crippen LogP contribution in [0.5, 0.6) is 0 Å². The van der Waals surface area contributed by atoms with Crippen molar-refractivity contribution in [2.24, 2.45) is 5.41 Å². The van der Waals surface area contributed by atoms with Gasteiger partial charge in [0.15, 0.2) is 5.78 Å². The van der Waals surface area contributed by atoms with Crippen LogP contribution in [-0.2, 0) is 6.42 Å². The molecule has 130 valence electrons. The predicted molar refractivity (Wildman–Crippen MR) is 97.5 cm³/mol. The number of H-pyrrole nitrogens is 1. The molecule has 0 fully saturated rings. The first-order chi connectivity index (χ1) is 11.8. The molecule has 2 aromatic rings. The van der Waals surface area contributed by atoms with Crippen molar-refractivity contribution in [1.29, 1.82) is 0 Å². The number of hydrogen-bond donors (Lipinski definition) is 2. The topological polar surface area (TPSA) is 91.9 Å². The molecule has 6 nitrogen and oxygen atoms in total. The SMILES string of the molecule is CSc1ccc(NC(=O)c2cc3c([nH]c2=O)CC(C)(C)CC3=O)cn1. The lowest BCUT2D eigenvalue weighted by Crippen LogP contribution is -2.32. The maximum atomic E-state index is 12.4. The molecule has 0 bridgehead atoms. The van der Waals surface area contributed by atoms with Gasteiger partial charge in [0.1, 0.15) is 5.56 Å². The lowest BCUT2D eigenvalue weighted by molar-refractivity contribution is 0.0910. The molecular formula is C18H19N3O3S. The second-order valence-corrected chi connectivity index (χ2v) is 7.72. The van der Waals surface area contributed by atoms with E-state index in [0.29, 0.717) is 29.8 Å². The zero-order valence-electron chi connectivity index (χ0n) is 14.3. The smallest absolute Gasteiger partial charge is 0.261 e. The number of thioether (sulfide) groups is 1. The van der Waals surface area contributed by atoms with Crippen molar-refractivity contribution < 1.29 is 9.59 Å². The summed E-state index contributed by atoms with van der Waals surface area (Å²) in [4.78, 5) is 44.0. The Labute approximate surface area is 149 Å². The summed E-state index contributed by atoms with van der Waals surface area (Å²) in [6, 6.07) is 4.91. The van der Waals surface area contributed by atoms with Gasteiger partial charge in [0.2, 0.25) is 0 Å². The number of Topliss-reactive ketones (excluding diaryl/α,β-unsaturated/α-hetero) is 1. The first-order valence-corrected chi connectivity index (χ1v) is 9.12. The Morgan fingerprint density at radius 2 is 2.04 bits per heavy atom. The van der Waals surface area contributed by atoms with E-state index in [2.05, 4.69) is 15.3 Å². The third kappa shape index (κ3) is 3.66. The molecule has 0 saturated heterocycles. The van der Waals surface area contributed by atoms with E-state index in [1.54, 1.807) is 12.1 Å². The molecule has 1 aliphatic rings. The number of carbonyl (C=O) groups is 2. The number of anilines is 1. The van der Waals surface area contributed by atoms with Crippen LogP contribution in [0.25, 0.3) is 0 Å². The van der Waals surface area contributed by atoms with Gasteiger partial charge in [-0.3, -0.25) is 14.4 Å². The van der Waals surface area contributed by atoms with E-state index in [1.165, 1.54) is 24.0 Å². The Morgan fingerprint density at radius 3 is 2.68 bits per heavy atom. The molecule has 2 N–H and O–H groups in total. The van der Waals surface area contributed by atoms with Crippen LogP contribution < -0.4 is 10.9 Å². The maximum Gasteiger partial charge on any atom is 0.261 e. The van der Waals surface area contributed by atoms with E-state index in [-0.39, 0.29) is 16.8 Å². The van der Waals surface area contributed by atoms with E-state index < -0.39 is 11.5 Å². The Bertz CT molecular complexity index is 901. The van der Waals surface area contributed by atoms with Gasteiger partial charge in [0, 0.05) is 17.7 Å². The van der Waals surface area contributed by atoms with E-state index in [4.69, 9.17) is 0 Å². The summed E-state index contributed by atoms with van der Waals surface area (Å²) in [6.45, 7) is 3.97. The van der Waals surface area contributed by atoms with Gasteiger partial charge in [-0.1, -0.05) is 13.8 Å². The van der Waals surface area contributed by atoms with Gasteiger partial charge >= 0.3 is 0 Å². The summed E-state index contributed by atoms with van der Waals surface area (Å²) in [5.41, 5.74) is 0.777. The van der Waals surface area contributed by atoms with Crippen LogP contribution in [0, 0.1) is 5.41 Å². The minimum absolute atomic E-state index is 0.0532. The fourth-order valence-electron chi connectivity index (χ4n) is 2.97. The molecule has 2 heterocycles. The zero-order valence-corrected chi connectivity index (χ0v) is 15.1. The number of aromatic amines is 1. The van der Waals surface area contributed by atoms with Crippen LogP contribution >= 0.6 is 11.8 Å². The fourth-order valence-corrected chi connectivity index (χ4v) is 3.33. The molecule has 7 heteroatoms. The second kappa shape index (κ2) is 6.48. The lowest BCUT2D eigenvalue weighted by atomic mass is 9.75. The van der Waals surface area contributed by atoms with Crippen molar-refractivity contribution in [2.45, 2.75) is 31.7 Å². The molecular weight excluding hydrogens is 338 g/mol. The van der Waals surface area contributed by atoms with Gasteiger partial charge in [0.25, 0.3) is 11.5 Å². The van der Waals surface area contributed by atoms with Crippen molar-refractivity contribution in [2.75, 3.05) is 11.6 Å². The largest absolute Gasteiger partial charge is 0.325 e. The van der Waals surface area contributed by atoms with Crippen LogP contribution in [0.2, 0.25) is 0 Å². The highest BCUT2D eigenvalue weighted by molar-refractivity contribution is 7.98. The van der Waals surface area contributed by atoms with Crippen molar-refractivity contribution in [3.8, 4) is 0 Å². The number of hydrogen-bond acceptors (Lipinski definition) is 5. The molecule has 0 aromatic carbocycles. The van der Waals surface area contributed by atoms with Gasteiger partial charge in [-0.05, 0) is 36.3 Å². The normalized spacial score (nSPS) is 15.6. The van der Waals surface area contributed by atoms with Crippen molar-refractivity contribution in [3.63, 3.8) is 0 Å². The van der Waals surface area contributed by atoms with Crippen LogP contribution in [0.15, 0.2) is 34.2 Å². The number of amides is 1. The molecule has 25 heavy (non-hydrogen) atoms. The zero-order chi connectivity index (χ0) is 18.2. The van der Waals surface area contributed by atoms with Gasteiger partial charge in [0.05, 0.1) is 16.9 Å². The molecule has 0 saturated carbocycles. The van der Waals surface area contributed by atoms with E-state index >= 15 is 0 Å². The molecule has 1 aliphatic carbocycles. The minimum Gasteiger partial charge on any atom is -0.325 e. The quantitative estimate of drug-likeness (QED) is 0.824. The first kappa shape index (κ1) is 17.4. The highest BCUT2D eigenvalue weighted by Gasteiger charge is 2.32. The molecule has 2 aromatic heterocycles. The highest BCUT2D eigenvalue weighted by Crippen LogP contribution is 2.33. The Balaban J connectivity index is 1.90. The van der Waals surface area contributed by atoms with Crippen LogP contribution in [0.1, 0.15) is 46.7 Å². The fraction of sp³-hybridized carbons (Fsp3) is 0.333. The average molecular weight is 357 g/mol. The number of fused-ring (bicyclic) bond motifs is 1. The number of nitrogens with one attached hydrogen (secondary N) is 2. The Kier molecular flexibility index (Phi) is 4.51. The summed E-state index contributed by atoms with van der Waals surface area (Å²) in [5.74, 6) is -0.608. The van der Waals surface area contributed by atoms with Gasteiger partial charge in [-0.25, -0.2) is 4.98 Å². The van der Waals surface area contributed by atoms with Gasteiger partial charge in [-0.2, -0.15) is 0 Å². The Hall–Kier alpha value is -2.41. The second-order valence-electron chi connectivity index (χ2n) is 6.89. The third-order valence-electron chi connectivity index (χ3n) is 4.17. The van der Waals surface area contributed by atoms with Gasteiger partial charge in [-0.15, -0.1) is 11.8 Å². The van der Waals surface area contributed by atoms with Crippen LogP contribution in [0.3, 0.4) is 0 Å². The summed E-state index contributed by atoms with van der Waals surface area (Å²) < 4.78 is 0. The molecule has 0 radical (unpaired) electrons. The molecule has 0 spiro atoms. The first-order valence-electron chi connectivity index (χ1n) is 7.90.